The van der Waals surface area contributed by atoms with E-state index in [2.05, 4.69) is 5.32 Å². The topological polar surface area (TPSA) is 84.9 Å². The van der Waals surface area contributed by atoms with Crippen LogP contribution in [0.5, 0.6) is 11.5 Å². The molecule has 0 spiro atoms. The summed E-state index contributed by atoms with van der Waals surface area (Å²) in [4.78, 5) is 12.9. The first kappa shape index (κ1) is 24.6. The standard InChI is InChI=1S/C22H26Cl2N2O5S/c1-30-20-10-8-15(12-18(20)23)25-22(27)14-26(16-6-4-3-5-7-16)32(28,29)17-9-11-21(31-2)19(24)13-17/h8-13,16H,3-7,14H2,1-2H3,(H,25,27). The minimum absolute atomic E-state index is 0.0224. The SMILES string of the molecule is COc1ccc(NC(=O)CN(C2CCCCC2)S(=O)(=O)c2ccc(OC)c(Cl)c2)cc1Cl. The Morgan fingerprint density at radius 3 is 2.16 bits per heavy atom. The van der Waals surface area contributed by atoms with Crippen LogP contribution in [0.3, 0.4) is 0 Å². The summed E-state index contributed by atoms with van der Waals surface area (Å²) in [5, 5.41) is 3.26. The van der Waals surface area contributed by atoms with Gasteiger partial charge in [0.1, 0.15) is 11.5 Å². The van der Waals surface area contributed by atoms with Crippen molar-refractivity contribution in [2.75, 3.05) is 26.1 Å². The first-order valence-electron chi connectivity index (χ1n) is 10.2. The number of nitrogens with zero attached hydrogens (tertiary/aromatic N) is 1. The van der Waals surface area contributed by atoms with Crippen LogP contribution < -0.4 is 14.8 Å². The van der Waals surface area contributed by atoms with Gasteiger partial charge in [0.15, 0.2) is 0 Å². The van der Waals surface area contributed by atoms with Crippen LogP contribution >= 0.6 is 23.2 Å². The number of hydrogen-bond acceptors (Lipinski definition) is 5. The fourth-order valence-electron chi connectivity index (χ4n) is 3.81. The van der Waals surface area contributed by atoms with Crippen LogP contribution in [0.15, 0.2) is 41.3 Å². The Morgan fingerprint density at radius 1 is 1.00 bits per heavy atom. The summed E-state index contributed by atoms with van der Waals surface area (Å²) in [5.74, 6) is 0.399. The molecule has 10 heteroatoms. The Balaban J connectivity index is 1.86. The van der Waals surface area contributed by atoms with Gasteiger partial charge in [-0.2, -0.15) is 4.31 Å². The summed E-state index contributed by atoms with van der Waals surface area (Å²) in [6, 6.07) is 8.87. The molecule has 0 heterocycles. The normalized spacial score (nSPS) is 14.9. The summed E-state index contributed by atoms with van der Waals surface area (Å²) < 4.78 is 38.6. The molecule has 0 atom stereocenters. The van der Waals surface area contributed by atoms with Crippen molar-refractivity contribution in [1.82, 2.24) is 4.31 Å². The zero-order valence-corrected chi connectivity index (χ0v) is 20.3. The van der Waals surface area contributed by atoms with E-state index in [0.29, 0.717) is 35.1 Å². The summed E-state index contributed by atoms with van der Waals surface area (Å²) in [7, 11) is -1.01. The van der Waals surface area contributed by atoms with E-state index in [1.807, 2.05) is 0 Å². The van der Waals surface area contributed by atoms with E-state index < -0.39 is 15.9 Å². The second kappa shape index (κ2) is 10.7. The number of carbonyl (C=O) groups excluding carboxylic acids is 1. The van der Waals surface area contributed by atoms with Crippen molar-refractivity contribution in [3.8, 4) is 11.5 Å². The van der Waals surface area contributed by atoms with Crippen LogP contribution in [0.1, 0.15) is 32.1 Å². The van der Waals surface area contributed by atoms with Gasteiger partial charge >= 0.3 is 0 Å². The quantitative estimate of drug-likeness (QED) is 0.552. The molecule has 2 aromatic rings. The highest BCUT2D eigenvalue weighted by atomic mass is 35.5. The van der Waals surface area contributed by atoms with Gasteiger partial charge in [-0.15, -0.1) is 0 Å². The average molecular weight is 501 g/mol. The number of sulfonamides is 1. The predicted octanol–water partition coefficient (Wildman–Crippen LogP) is 4.97. The Hall–Kier alpha value is -2.00. The van der Waals surface area contributed by atoms with Gasteiger partial charge in [-0.05, 0) is 49.2 Å². The molecule has 1 aliphatic rings. The lowest BCUT2D eigenvalue weighted by molar-refractivity contribution is -0.116. The lowest BCUT2D eigenvalue weighted by atomic mass is 9.95. The number of halogens is 2. The molecule has 1 N–H and O–H groups in total. The first-order valence-corrected chi connectivity index (χ1v) is 12.4. The third-order valence-electron chi connectivity index (χ3n) is 5.45. The van der Waals surface area contributed by atoms with Crippen LogP contribution in [0.4, 0.5) is 5.69 Å². The largest absolute Gasteiger partial charge is 0.495 e. The molecule has 7 nitrogen and oxygen atoms in total. The van der Waals surface area contributed by atoms with Crippen molar-refractivity contribution in [1.29, 1.82) is 0 Å². The number of nitrogens with one attached hydrogen (secondary N) is 1. The summed E-state index contributed by atoms with van der Waals surface area (Å²) in [6.45, 7) is -0.319. The van der Waals surface area contributed by atoms with Crippen LogP contribution in [-0.2, 0) is 14.8 Å². The Kier molecular flexibility index (Phi) is 8.27. The zero-order chi connectivity index (χ0) is 23.3. The molecular formula is C22H26Cl2N2O5S. The number of hydrogen-bond donors (Lipinski definition) is 1. The fourth-order valence-corrected chi connectivity index (χ4v) is 6.06. The van der Waals surface area contributed by atoms with E-state index in [4.69, 9.17) is 32.7 Å². The maximum Gasteiger partial charge on any atom is 0.243 e. The number of methoxy groups -OCH3 is 2. The lowest BCUT2D eigenvalue weighted by Gasteiger charge is -2.33. The smallest absolute Gasteiger partial charge is 0.243 e. The summed E-state index contributed by atoms with van der Waals surface area (Å²) in [6.07, 6.45) is 4.27. The molecule has 0 aliphatic heterocycles. The van der Waals surface area contributed by atoms with Gasteiger partial charge in [-0.25, -0.2) is 8.42 Å². The molecule has 1 aliphatic carbocycles. The fraction of sp³-hybridized carbons (Fsp3) is 0.409. The number of amides is 1. The number of ether oxygens (including phenoxy) is 2. The molecule has 174 valence electrons. The van der Waals surface area contributed by atoms with Crippen molar-refractivity contribution in [2.45, 2.75) is 43.0 Å². The Morgan fingerprint density at radius 2 is 1.59 bits per heavy atom. The van der Waals surface area contributed by atoms with E-state index in [-0.39, 0.29) is 22.5 Å². The van der Waals surface area contributed by atoms with Crippen LogP contribution in [0.25, 0.3) is 0 Å². The molecule has 2 aromatic carbocycles. The Labute approximate surface area is 198 Å². The molecule has 0 aromatic heterocycles. The van der Waals surface area contributed by atoms with E-state index in [1.165, 1.54) is 36.7 Å². The molecule has 1 fully saturated rings. The molecule has 1 amide bonds. The number of carbonyl (C=O) groups is 1. The van der Waals surface area contributed by atoms with Crippen molar-refractivity contribution in [3.63, 3.8) is 0 Å². The predicted molar refractivity (Wildman–Crippen MR) is 125 cm³/mol. The van der Waals surface area contributed by atoms with Crippen LogP contribution in [0.2, 0.25) is 10.0 Å². The van der Waals surface area contributed by atoms with E-state index in [9.17, 15) is 13.2 Å². The Bertz CT molecular complexity index is 1070. The molecule has 0 bridgehead atoms. The van der Waals surface area contributed by atoms with E-state index in [0.717, 1.165) is 19.3 Å². The molecule has 0 saturated heterocycles. The van der Waals surface area contributed by atoms with E-state index >= 15 is 0 Å². The number of benzene rings is 2. The first-order chi connectivity index (χ1) is 15.3. The highest BCUT2D eigenvalue weighted by Gasteiger charge is 2.34. The number of anilines is 1. The van der Waals surface area contributed by atoms with E-state index in [1.54, 1.807) is 18.2 Å². The van der Waals surface area contributed by atoms with Gasteiger partial charge in [0, 0.05) is 11.7 Å². The van der Waals surface area contributed by atoms with Crippen LogP contribution in [0, 0.1) is 0 Å². The van der Waals surface area contributed by atoms with Crippen LogP contribution in [-0.4, -0.2) is 45.4 Å². The van der Waals surface area contributed by atoms with Gasteiger partial charge in [0.25, 0.3) is 0 Å². The lowest BCUT2D eigenvalue weighted by Crippen LogP contribution is -2.45. The maximum absolute atomic E-state index is 13.5. The van der Waals surface area contributed by atoms with Crippen molar-refractivity contribution in [2.24, 2.45) is 0 Å². The van der Waals surface area contributed by atoms with Crippen molar-refractivity contribution in [3.05, 3.63) is 46.4 Å². The zero-order valence-electron chi connectivity index (χ0n) is 17.9. The van der Waals surface area contributed by atoms with Gasteiger partial charge in [0.05, 0.1) is 35.7 Å². The average Bonchev–Trinajstić information content (AvgIpc) is 2.78. The third-order valence-corrected chi connectivity index (χ3v) is 7.93. The third kappa shape index (κ3) is 5.67. The summed E-state index contributed by atoms with van der Waals surface area (Å²) >= 11 is 12.3. The van der Waals surface area contributed by atoms with Gasteiger partial charge in [-0.1, -0.05) is 42.5 Å². The monoisotopic (exact) mass is 500 g/mol. The molecular weight excluding hydrogens is 475 g/mol. The summed E-state index contributed by atoms with van der Waals surface area (Å²) in [5.41, 5.74) is 0.453. The van der Waals surface area contributed by atoms with Crippen molar-refractivity contribution < 1.29 is 22.7 Å². The highest BCUT2D eigenvalue weighted by Crippen LogP contribution is 2.32. The van der Waals surface area contributed by atoms with Crippen molar-refractivity contribution >= 4 is 44.8 Å². The molecule has 1 saturated carbocycles. The minimum Gasteiger partial charge on any atom is -0.495 e. The van der Waals surface area contributed by atoms with Gasteiger partial charge < -0.3 is 14.8 Å². The molecule has 0 radical (unpaired) electrons. The number of rotatable bonds is 8. The highest BCUT2D eigenvalue weighted by molar-refractivity contribution is 7.89. The molecule has 32 heavy (non-hydrogen) atoms. The second-order valence-corrected chi connectivity index (χ2v) is 10.2. The maximum atomic E-state index is 13.5. The second-order valence-electron chi connectivity index (χ2n) is 7.54. The van der Waals surface area contributed by atoms with Gasteiger partial charge in [-0.3, -0.25) is 4.79 Å². The molecule has 0 unspecified atom stereocenters. The molecule has 3 rings (SSSR count). The van der Waals surface area contributed by atoms with Gasteiger partial charge in [0.2, 0.25) is 15.9 Å². The minimum atomic E-state index is -3.97.